The molecule has 0 unspecified atom stereocenters. The van der Waals surface area contributed by atoms with Gasteiger partial charge in [0.2, 0.25) is 0 Å². The molecule has 0 aliphatic rings. The molecule has 0 atom stereocenters. The maximum atomic E-state index is 9.63. The van der Waals surface area contributed by atoms with E-state index in [1.807, 2.05) is 42.5 Å². The van der Waals surface area contributed by atoms with Crippen LogP contribution >= 0.6 is 0 Å². The van der Waals surface area contributed by atoms with Crippen molar-refractivity contribution in [2.24, 2.45) is 0 Å². The SMILES string of the molecule is O[SiH](O)c1ccccc1-c1cccc2ccccc12. The Kier molecular flexibility index (Phi) is 3.17. The van der Waals surface area contributed by atoms with Crippen molar-refractivity contribution in [3.63, 3.8) is 0 Å². The Morgan fingerprint density at radius 2 is 1.26 bits per heavy atom. The molecule has 0 saturated heterocycles. The van der Waals surface area contributed by atoms with Gasteiger partial charge >= 0.3 is 9.28 Å². The molecule has 0 saturated carbocycles. The number of benzene rings is 3. The Balaban J connectivity index is 2.31. The van der Waals surface area contributed by atoms with Crippen LogP contribution in [0.25, 0.3) is 21.9 Å². The standard InChI is InChI=1S/C16H14O2Si/c17-19(18)16-11-4-3-9-15(16)14-10-5-7-12-6-1-2-8-13(12)14/h1-11,17-19H. The minimum absolute atomic E-state index is 0.666. The summed E-state index contributed by atoms with van der Waals surface area (Å²) in [6, 6.07) is 21.7. The van der Waals surface area contributed by atoms with Gasteiger partial charge in [0.15, 0.2) is 0 Å². The van der Waals surface area contributed by atoms with Gasteiger partial charge in [0, 0.05) is 0 Å². The average Bonchev–Trinajstić information content (AvgIpc) is 2.46. The molecule has 94 valence electrons. The smallest absolute Gasteiger partial charge is 0.351 e. The zero-order valence-corrected chi connectivity index (χ0v) is 11.5. The molecule has 19 heavy (non-hydrogen) atoms. The fraction of sp³-hybridized carbons (Fsp3) is 0. The van der Waals surface area contributed by atoms with E-state index in [4.69, 9.17) is 0 Å². The summed E-state index contributed by atoms with van der Waals surface area (Å²) < 4.78 is 0. The van der Waals surface area contributed by atoms with Crippen LogP contribution in [0.3, 0.4) is 0 Å². The van der Waals surface area contributed by atoms with Gasteiger partial charge in [-0.15, -0.1) is 0 Å². The van der Waals surface area contributed by atoms with Gasteiger partial charge in [0.25, 0.3) is 0 Å². The maximum Gasteiger partial charge on any atom is 0.351 e. The second-order valence-corrected chi connectivity index (χ2v) is 5.86. The number of fused-ring (bicyclic) bond motifs is 1. The summed E-state index contributed by atoms with van der Waals surface area (Å²) in [4.78, 5) is 19.3. The molecular weight excluding hydrogens is 252 g/mol. The van der Waals surface area contributed by atoms with Crippen molar-refractivity contribution in [2.45, 2.75) is 0 Å². The van der Waals surface area contributed by atoms with E-state index in [9.17, 15) is 9.59 Å². The van der Waals surface area contributed by atoms with Crippen molar-refractivity contribution < 1.29 is 9.59 Å². The van der Waals surface area contributed by atoms with E-state index in [1.54, 1.807) is 6.07 Å². The summed E-state index contributed by atoms with van der Waals surface area (Å²) in [5.74, 6) is 0. The summed E-state index contributed by atoms with van der Waals surface area (Å²) in [5, 5.41) is 2.95. The number of hydrogen-bond acceptors (Lipinski definition) is 2. The normalized spacial score (nSPS) is 11.1. The summed E-state index contributed by atoms with van der Waals surface area (Å²) >= 11 is 0. The lowest BCUT2D eigenvalue weighted by molar-refractivity contribution is 0.426. The highest BCUT2D eigenvalue weighted by atomic mass is 28.3. The molecule has 3 aromatic carbocycles. The summed E-state index contributed by atoms with van der Waals surface area (Å²) in [7, 11) is -2.82. The first kappa shape index (κ1) is 12.1. The van der Waals surface area contributed by atoms with E-state index >= 15 is 0 Å². The van der Waals surface area contributed by atoms with Crippen LogP contribution in [0, 0.1) is 0 Å². The molecule has 3 aromatic rings. The van der Waals surface area contributed by atoms with Crippen LogP contribution in [0.15, 0.2) is 66.7 Å². The summed E-state index contributed by atoms with van der Waals surface area (Å²) in [5.41, 5.74) is 1.97. The Bertz CT molecular complexity index is 717. The van der Waals surface area contributed by atoms with Crippen LogP contribution in [0.1, 0.15) is 0 Å². The lowest BCUT2D eigenvalue weighted by Crippen LogP contribution is -2.31. The second kappa shape index (κ2) is 4.97. The molecule has 3 rings (SSSR count). The topological polar surface area (TPSA) is 40.5 Å². The van der Waals surface area contributed by atoms with Gasteiger partial charge in [0.05, 0.1) is 0 Å². The van der Waals surface area contributed by atoms with E-state index in [1.165, 1.54) is 0 Å². The zero-order valence-electron chi connectivity index (χ0n) is 10.3. The third-order valence-electron chi connectivity index (χ3n) is 3.32. The number of hydrogen-bond donors (Lipinski definition) is 2. The third kappa shape index (κ3) is 2.19. The van der Waals surface area contributed by atoms with Crippen molar-refractivity contribution in [3.05, 3.63) is 66.7 Å². The minimum atomic E-state index is -2.82. The van der Waals surface area contributed by atoms with Gasteiger partial charge in [0.1, 0.15) is 0 Å². The van der Waals surface area contributed by atoms with Gasteiger partial charge in [-0.3, -0.25) is 0 Å². The molecule has 0 heterocycles. The Morgan fingerprint density at radius 1 is 0.632 bits per heavy atom. The molecular formula is C16H14O2Si. The fourth-order valence-corrected chi connectivity index (χ4v) is 3.24. The second-order valence-electron chi connectivity index (χ2n) is 4.49. The van der Waals surface area contributed by atoms with E-state index in [0.717, 1.165) is 21.9 Å². The molecule has 3 heteroatoms. The van der Waals surface area contributed by atoms with E-state index in [0.29, 0.717) is 5.19 Å². The molecule has 2 N–H and O–H groups in total. The van der Waals surface area contributed by atoms with Crippen molar-refractivity contribution >= 4 is 25.2 Å². The van der Waals surface area contributed by atoms with Crippen molar-refractivity contribution in [2.75, 3.05) is 0 Å². The van der Waals surface area contributed by atoms with Crippen LogP contribution in [-0.2, 0) is 0 Å². The highest BCUT2D eigenvalue weighted by molar-refractivity contribution is 6.60. The fourth-order valence-electron chi connectivity index (χ4n) is 2.43. The van der Waals surface area contributed by atoms with Crippen molar-refractivity contribution in [1.82, 2.24) is 0 Å². The molecule has 2 nitrogen and oxygen atoms in total. The van der Waals surface area contributed by atoms with Crippen LogP contribution < -0.4 is 5.19 Å². The molecule has 0 radical (unpaired) electrons. The van der Waals surface area contributed by atoms with Gasteiger partial charge in [-0.25, -0.2) is 0 Å². The van der Waals surface area contributed by atoms with Gasteiger partial charge in [-0.1, -0.05) is 66.7 Å². The molecule has 0 fully saturated rings. The number of rotatable bonds is 2. The molecule has 0 aromatic heterocycles. The first-order valence-electron chi connectivity index (χ1n) is 6.20. The van der Waals surface area contributed by atoms with Gasteiger partial charge in [-0.05, 0) is 27.1 Å². The predicted octanol–water partition coefficient (Wildman–Crippen LogP) is 1.92. The third-order valence-corrected chi connectivity index (χ3v) is 4.38. The Hall–Kier alpha value is -1.94. The Morgan fingerprint density at radius 3 is 2.11 bits per heavy atom. The average molecular weight is 266 g/mol. The quantitative estimate of drug-likeness (QED) is 0.696. The first-order valence-corrected chi connectivity index (χ1v) is 7.81. The lowest BCUT2D eigenvalue weighted by Gasteiger charge is -2.12. The highest BCUT2D eigenvalue weighted by Crippen LogP contribution is 2.27. The largest absolute Gasteiger partial charge is 0.410 e. The van der Waals surface area contributed by atoms with E-state index in [2.05, 4.69) is 18.2 Å². The Labute approximate surface area is 113 Å². The van der Waals surface area contributed by atoms with E-state index in [-0.39, 0.29) is 0 Å². The maximum absolute atomic E-state index is 9.63. The minimum Gasteiger partial charge on any atom is -0.410 e. The summed E-state index contributed by atoms with van der Waals surface area (Å²) in [6.45, 7) is 0. The molecule has 0 amide bonds. The molecule has 0 aliphatic carbocycles. The van der Waals surface area contributed by atoms with Gasteiger partial charge < -0.3 is 9.59 Å². The van der Waals surface area contributed by atoms with Crippen LogP contribution in [0.4, 0.5) is 0 Å². The zero-order chi connectivity index (χ0) is 13.2. The van der Waals surface area contributed by atoms with Crippen molar-refractivity contribution in [3.8, 4) is 11.1 Å². The monoisotopic (exact) mass is 266 g/mol. The van der Waals surface area contributed by atoms with Crippen molar-refractivity contribution in [1.29, 1.82) is 0 Å². The molecule has 0 aliphatic heterocycles. The van der Waals surface area contributed by atoms with Crippen LogP contribution in [0.5, 0.6) is 0 Å². The van der Waals surface area contributed by atoms with Crippen LogP contribution in [-0.4, -0.2) is 18.9 Å². The molecule has 0 bridgehead atoms. The van der Waals surface area contributed by atoms with E-state index < -0.39 is 9.28 Å². The molecule has 0 spiro atoms. The first-order chi connectivity index (χ1) is 9.27. The highest BCUT2D eigenvalue weighted by Gasteiger charge is 2.14. The van der Waals surface area contributed by atoms with Crippen LogP contribution in [0.2, 0.25) is 0 Å². The summed E-state index contributed by atoms with van der Waals surface area (Å²) in [6.07, 6.45) is 0. The lowest BCUT2D eigenvalue weighted by atomic mass is 9.98. The predicted molar refractivity (Wildman–Crippen MR) is 80.6 cm³/mol. The van der Waals surface area contributed by atoms with Gasteiger partial charge in [-0.2, -0.15) is 0 Å².